The minimum Gasteiger partial charge on any atom is -0.239 e. The summed E-state index contributed by atoms with van der Waals surface area (Å²) in [6, 6.07) is 0. The number of allylic oxidation sites excluding steroid dienone is 6. The lowest BCUT2D eigenvalue weighted by molar-refractivity contribution is 0.326. The SMILES string of the molecule is C=C(C)CCC(=C)C(=C)CCC(=C)C(=C)CC(F)C(=C)F. The van der Waals surface area contributed by atoms with Crippen molar-refractivity contribution < 1.29 is 8.78 Å². The second kappa shape index (κ2) is 9.28. The standard InChI is InChI=1S/C19H26F2/c1-13(2)8-9-14(3)15(4)10-11-16(5)17(6)12-19(21)18(7)20/h19H,1,3-12H2,2H3. The number of rotatable bonds is 11. The molecule has 0 fully saturated rings. The summed E-state index contributed by atoms with van der Waals surface area (Å²) in [5.74, 6) is -0.971. The van der Waals surface area contributed by atoms with E-state index in [2.05, 4.69) is 39.5 Å². The fraction of sp³-hybridized carbons (Fsp3) is 0.368. The smallest absolute Gasteiger partial charge is 0.155 e. The van der Waals surface area contributed by atoms with E-state index in [9.17, 15) is 8.78 Å². The van der Waals surface area contributed by atoms with Crippen LogP contribution in [0.25, 0.3) is 0 Å². The van der Waals surface area contributed by atoms with Gasteiger partial charge in [0.15, 0.2) is 6.17 Å². The summed E-state index contributed by atoms with van der Waals surface area (Å²) >= 11 is 0. The van der Waals surface area contributed by atoms with E-state index < -0.39 is 12.0 Å². The van der Waals surface area contributed by atoms with Crippen molar-refractivity contribution in [1.29, 1.82) is 0 Å². The van der Waals surface area contributed by atoms with Crippen molar-refractivity contribution in [1.82, 2.24) is 0 Å². The van der Waals surface area contributed by atoms with Crippen molar-refractivity contribution in [3.63, 3.8) is 0 Å². The lowest BCUT2D eigenvalue weighted by Gasteiger charge is -2.13. The van der Waals surface area contributed by atoms with Gasteiger partial charge in [0.25, 0.3) is 0 Å². The predicted octanol–water partition coefficient (Wildman–Crippen LogP) is 6.56. The zero-order valence-corrected chi connectivity index (χ0v) is 13.1. The molecule has 0 aromatic carbocycles. The quantitative estimate of drug-likeness (QED) is 0.299. The Kier molecular flexibility index (Phi) is 8.52. The van der Waals surface area contributed by atoms with E-state index in [0.29, 0.717) is 24.0 Å². The van der Waals surface area contributed by atoms with Crippen LogP contribution in [0.5, 0.6) is 0 Å². The van der Waals surface area contributed by atoms with Crippen molar-refractivity contribution >= 4 is 0 Å². The van der Waals surface area contributed by atoms with Gasteiger partial charge in [-0.15, -0.1) is 6.58 Å². The predicted molar refractivity (Wildman–Crippen MR) is 89.6 cm³/mol. The first kappa shape index (κ1) is 19.3. The summed E-state index contributed by atoms with van der Waals surface area (Å²) in [6.07, 6.45) is 1.25. The van der Waals surface area contributed by atoms with Crippen LogP contribution in [0.1, 0.15) is 39.0 Å². The van der Waals surface area contributed by atoms with Gasteiger partial charge in [-0.3, -0.25) is 0 Å². The molecule has 0 aromatic rings. The Bertz CT molecular complexity index is 466. The lowest BCUT2D eigenvalue weighted by atomic mass is 9.93. The van der Waals surface area contributed by atoms with Crippen molar-refractivity contribution in [3.05, 3.63) is 73.2 Å². The van der Waals surface area contributed by atoms with Crippen LogP contribution in [0.3, 0.4) is 0 Å². The molecule has 0 bridgehead atoms. The average Bonchev–Trinajstić information content (AvgIpc) is 2.40. The van der Waals surface area contributed by atoms with Crippen LogP contribution in [-0.4, -0.2) is 6.17 Å². The zero-order valence-electron chi connectivity index (χ0n) is 13.1. The summed E-state index contributed by atoms with van der Waals surface area (Å²) in [5, 5.41) is 0. The first-order valence-electron chi connectivity index (χ1n) is 6.99. The van der Waals surface area contributed by atoms with Crippen molar-refractivity contribution in [2.45, 2.75) is 45.2 Å². The molecule has 0 rings (SSSR count). The van der Waals surface area contributed by atoms with E-state index in [1.807, 2.05) is 6.92 Å². The monoisotopic (exact) mass is 292 g/mol. The van der Waals surface area contributed by atoms with Crippen molar-refractivity contribution in [2.75, 3.05) is 0 Å². The average molecular weight is 292 g/mol. The number of hydrogen-bond acceptors (Lipinski definition) is 0. The maximum absolute atomic E-state index is 13.2. The topological polar surface area (TPSA) is 0 Å². The van der Waals surface area contributed by atoms with Gasteiger partial charge in [0, 0.05) is 6.42 Å². The van der Waals surface area contributed by atoms with E-state index in [1.165, 1.54) is 0 Å². The second-order valence-electron chi connectivity index (χ2n) is 5.49. The highest BCUT2D eigenvalue weighted by Crippen LogP contribution is 2.26. The third-order valence-electron chi connectivity index (χ3n) is 3.35. The summed E-state index contributed by atoms with van der Waals surface area (Å²) < 4.78 is 25.8. The van der Waals surface area contributed by atoms with Gasteiger partial charge in [-0.25, -0.2) is 8.78 Å². The largest absolute Gasteiger partial charge is 0.239 e. The van der Waals surface area contributed by atoms with Crippen molar-refractivity contribution in [3.8, 4) is 0 Å². The van der Waals surface area contributed by atoms with Gasteiger partial charge in [-0.1, -0.05) is 55.2 Å². The summed E-state index contributed by atoms with van der Waals surface area (Å²) in [5.41, 5.74) is 4.30. The minimum absolute atomic E-state index is 0.1000. The van der Waals surface area contributed by atoms with Crippen LogP contribution < -0.4 is 0 Å². The Morgan fingerprint density at radius 1 is 0.762 bits per heavy atom. The lowest BCUT2D eigenvalue weighted by Crippen LogP contribution is -2.03. The maximum Gasteiger partial charge on any atom is 0.155 e. The molecule has 0 amide bonds. The molecule has 0 saturated carbocycles. The van der Waals surface area contributed by atoms with Gasteiger partial charge in [-0.05, 0) is 38.2 Å². The van der Waals surface area contributed by atoms with Crippen LogP contribution in [0.4, 0.5) is 8.78 Å². The summed E-state index contributed by atoms with van der Waals surface area (Å²) in [6.45, 7) is 24.4. The molecule has 1 unspecified atom stereocenters. The molecule has 0 aliphatic rings. The fourth-order valence-corrected chi connectivity index (χ4v) is 1.67. The summed E-state index contributed by atoms with van der Waals surface area (Å²) in [7, 11) is 0. The molecule has 0 saturated heterocycles. The number of hydrogen-bond donors (Lipinski definition) is 0. The second-order valence-corrected chi connectivity index (χ2v) is 5.49. The molecule has 0 nitrogen and oxygen atoms in total. The van der Waals surface area contributed by atoms with E-state index >= 15 is 0 Å². The normalized spacial score (nSPS) is 11.6. The molecule has 21 heavy (non-hydrogen) atoms. The van der Waals surface area contributed by atoms with Gasteiger partial charge >= 0.3 is 0 Å². The Hall–Kier alpha value is -1.70. The number of halogens is 2. The molecular weight excluding hydrogens is 266 g/mol. The van der Waals surface area contributed by atoms with Gasteiger partial charge in [0.05, 0.1) is 0 Å². The zero-order chi connectivity index (χ0) is 16.6. The van der Waals surface area contributed by atoms with Gasteiger partial charge in [-0.2, -0.15) is 0 Å². The Morgan fingerprint density at radius 3 is 1.52 bits per heavy atom. The highest BCUT2D eigenvalue weighted by Gasteiger charge is 2.14. The first-order valence-corrected chi connectivity index (χ1v) is 6.99. The fourth-order valence-electron chi connectivity index (χ4n) is 1.67. The highest BCUT2D eigenvalue weighted by molar-refractivity contribution is 5.31. The van der Waals surface area contributed by atoms with Gasteiger partial charge in [0.1, 0.15) is 5.83 Å². The highest BCUT2D eigenvalue weighted by atomic mass is 19.2. The first-order chi connectivity index (χ1) is 9.65. The van der Waals surface area contributed by atoms with Crippen LogP contribution in [0, 0.1) is 0 Å². The molecule has 0 heterocycles. The van der Waals surface area contributed by atoms with E-state index in [0.717, 1.165) is 29.6 Å². The molecule has 0 aromatic heterocycles. The van der Waals surface area contributed by atoms with Crippen LogP contribution in [0.2, 0.25) is 0 Å². The Balaban J connectivity index is 4.20. The van der Waals surface area contributed by atoms with Crippen LogP contribution in [-0.2, 0) is 0 Å². The summed E-state index contributed by atoms with van der Waals surface area (Å²) in [4.78, 5) is 0. The molecule has 1 atom stereocenters. The Morgan fingerprint density at radius 2 is 1.14 bits per heavy atom. The Labute approximate surface area is 128 Å². The van der Waals surface area contributed by atoms with Gasteiger partial charge in [0.2, 0.25) is 0 Å². The minimum atomic E-state index is -1.71. The molecule has 0 N–H and O–H groups in total. The van der Waals surface area contributed by atoms with Crippen LogP contribution in [0.15, 0.2) is 73.2 Å². The molecule has 0 aliphatic carbocycles. The molecule has 2 heteroatoms. The van der Waals surface area contributed by atoms with Crippen LogP contribution >= 0.6 is 0 Å². The molecule has 0 aliphatic heterocycles. The third kappa shape index (κ3) is 8.23. The molecule has 0 spiro atoms. The molecule has 116 valence electrons. The van der Waals surface area contributed by atoms with E-state index in [-0.39, 0.29) is 6.42 Å². The number of alkyl halides is 1. The van der Waals surface area contributed by atoms with Crippen molar-refractivity contribution in [2.24, 2.45) is 0 Å². The van der Waals surface area contributed by atoms with E-state index in [4.69, 9.17) is 0 Å². The van der Waals surface area contributed by atoms with E-state index in [1.54, 1.807) is 0 Å². The molecule has 0 radical (unpaired) electrons. The maximum atomic E-state index is 13.2. The third-order valence-corrected chi connectivity index (χ3v) is 3.35. The molecular formula is C19H26F2. The van der Waals surface area contributed by atoms with Gasteiger partial charge < -0.3 is 0 Å².